The Morgan fingerprint density at radius 2 is 2.00 bits per heavy atom. The molecule has 2 rings (SSSR count). The Labute approximate surface area is 112 Å². The van der Waals surface area contributed by atoms with Crippen molar-refractivity contribution in [3.05, 3.63) is 54.2 Å². The van der Waals surface area contributed by atoms with Crippen LogP contribution in [0.3, 0.4) is 0 Å². The summed E-state index contributed by atoms with van der Waals surface area (Å²) in [5.74, 6) is 5.97. The van der Waals surface area contributed by atoms with Crippen LogP contribution in [0.4, 0.5) is 11.5 Å². The topological polar surface area (TPSA) is 74.4 Å². The van der Waals surface area contributed by atoms with E-state index in [1.54, 1.807) is 6.20 Å². The van der Waals surface area contributed by atoms with E-state index in [2.05, 4.69) is 27.4 Å². The number of aliphatic hydroxyl groups excluding tert-OH is 1. The standard InChI is InChI=1S/C14H18N4O/c15-17-14-10-13(6-7-16-14)18(8-9-19)11-12-4-2-1-3-5-12/h1-7,10,19H,8-9,11,15H2,(H,16,17). The van der Waals surface area contributed by atoms with Crippen LogP contribution in [0.15, 0.2) is 48.7 Å². The fourth-order valence-corrected chi connectivity index (χ4v) is 1.92. The van der Waals surface area contributed by atoms with Gasteiger partial charge in [-0.3, -0.25) is 0 Å². The zero-order chi connectivity index (χ0) is 13.5. The molecule has 100 valence electrons. The van der Waals surface area contributed by atoms with Gasteiger partial charge in [-0.25, -0.2) is 10.8 Å². The minimum atomic E-state index is 0.0978. The van der Waals surface area contributed by atoms with Crippen molar-refractivity contribution in [1.82, 2.24) is 4.98 Å². The number of nitrogens with one attached hydrogen (secondary N) is 1. The van der Waals surface area contributed by atoms with Gasteiger partial charge in [0.25, 0.3) is 0 Å². The first kappa shape index (κ1) is 13.3. The molecule has 0 amide bonds. The normalized spacial score (nSPS) is 10.2. The molecule has 4 N–H and O–H groups in total. The average Bonchev–Trinajstić information content (AvgIpc) is 2.48. The second-order valence-electron chi connectivity index (χ2n) is 4.17. The predicted molar refractivity (Wildman–Crippen MR) is 76.6 cm³/mol. The monoisotopic (exact) mass is 258 g/mol. The van der Waals surface area contributed by atoms with Gasteiger partial charge in [0.1, 0.15) is 5.82 Å². The van der Waals surface area contributed by atoms with Crippen LogP contribution in [0.25, 0.3) is 0 Å². The molecule has 0 saturated carbocycles. The highest BCUT2D eigenvalue weighted by Crippen LogP contribution is 2.19. The van der Waals surface area contributed by atoms with E-state index in [4.69, 9.17) is 5.84 Å². The summed E-state index contributed by atoms with van der Waals surface area (Å²) < 4.78 is 0. The average molecular weight is 258 g/mol. The van der Waals surface area contributed by atoms with Gasteiger partial charge in [0.05, 0.1) is 6.61 Å². The van der Waals surface area contributed by atoms with E-state index < -0.39 is 0 Å². The first-order valence-corrected chi connectivity index (χ1v) is 6.16. The third-order valence-corrected chi connectivity index (χ3v) is 2.84. The number of hydrogen-bond donors (Lipinski definition) is 3. The molecule has 1 aromatic heterocycles. The fraction of sp³-hybridized carbons (Fsp3) is 0.214. The number of rotatable bonds is 6. The number of pyridine rings is 1. The second kappa shape index (κ2) is 6.72. The van der Waals surface area contributed by atoms with Crippen LogP contribution in [0.1, 0.15) is 5.56 Å². The van der Waals surface area contributed by atoms with Gasteiger partial charge in [-0.05, 0) is 11.6 Å². The molecule has 0 aliphatic rings. The zero-order valence-corrected chi connectivity index (χ0v) is 10.7. The SMILES string of the molecule is NNc1cc(N(CCO)Cc2ccccc2)ccn1. The van der Waals surface area contributed by atoms with Gasteiger partial charge >= 0.3 is 0 Å². The molecule has 0 radical (unpaired) electrons. The molecule has 0 fully saturated rings. The maximum atomic E-state index is 9.20. The summed E-state index contributed by atoms with van der Waals surface area (Å²) in [7, 11) is 0. The highest BCUT2D eigenvalue weighted by Gasteiger charge is 2.07. The predicted octanol–water partition coefficient (Wildman–Crippen LogP) is 1.37. The number of hydrogen-bond acceptors (Lipinski definition) is 5. The maximum absolute atomic E-state index is 9.20. The summed E-state index contributed by atoms with van der Waals surface area (Å²) in [5.41, 5.74) is 4.69. The van der Waals surface area contributed by atoms with E-state index in [1.807, 2.05) is 30.3 Å². The van der Waals surface area contributed by atoms with E-state index in [1.165, 1.54) is 5.56 Å². The number of aliphatic hydroxyl groups is 1. The Morgan fingerprint density at radius 3 is 2.68 bits per heavy atom. The molecule has 19 heavy (non-hydrogen) atoms. The van der Waals surface area contributed by atoms with Crippen molar-refractivity contribution in [1.29, 1.82) is 0 Å². The molecule has 1 heterocycles. The van der Waals surface area contributed by atoms with Crippen molar-refractivity contribution in [3.63, 3.8) is 0 Å². The largest absolute Gasteiger partial charge is 0.395 e. The quantitative estimate of drug-likeness (QED) is 0.539. The molecule has 0 aliphatic heterocycles. The van der Waals surface area contributed by atoms with Crippen molar-refractivity contribution in [3.8, 4) is 0 Å². The molecule has 1 aromatic carbocycles. The molecule has 0 bridgehead atoms. The summed E-state index contributed by atoms with van der Waals surface area (Å²) >= 11 is 0. The van der Waals surface area contributed by atoms with Gasteiger partial charge in [-0.15, -0.1) is 0 Å². The molecular weight excluding hydrogens is 240 g/mol. The molecule has 5 nitrogen and oxygen atoms in total. The Kier molecular flexibility index (Phi) is 4.72. The molecular formula is C14H18N4O. The van der Waals surface area contributed by atoms with Gasteiger partial charge < -0.3 is 15.4 Å². The molecule has 0 saturated heterocycles. The van der Waals surface area contributed by atoms with Crippen molar-refractivity contribution in [2.24, 2.45) is 5.84 Å². The number of hydrazine groups is 1. The summed E-state index contributed by atoms with van der Waals surface area (Å²) in [6.07, 6.45) is 1.69. The molecule has 2 aromatic rings. The van der Waals surface area contributed by atoms with E-state index in [9.17, 15) is 5.11 Å². The summed E-state index contributed by atoms with van der Waals surface area (Å²) in [6, 6.07) is 13.9. The lowest BCUT2D eigenvalue weighted by atomic mass is 10.2. The van der Waals surface area contributed by atoms with Crippen molar-refractivity contribution in [2.75, 3.05) is 23.5 Å². The van der Waals surface area contributed by atoms with Crippen molar-refractivity contribution in [2.45, 2.75) is 6.54 Å². The third kappa shape index (κ3) is 3.67. The molecule has 5 heteroatoms. The Balaban J connectivity index is 2.19. The van der Waals surface area contributed by atoms with Crippen LogP contribution in [0.5, 0.6) is 0 Å². The van der Waals surface area contributed by atoms with E-state index in [0.29, 0.717) is 12.4 Å². The highest BCUT2D eigenvalue weighted by molar-refractivity contribution is 5.53. The highest BCUT2D eigenvalue weighted by atomic mass is 16.3. The third-order valence-electron chi connectivity index (χ3n) is 2.84. The van der Waals surface area contributed by atoms with E-state index >= 15 is 0 Å². The van der Waals surface area contributed by atoms with E-state index in [-0.39, 0.29) is 6.61 Å². The van der Waals surface area contributed by atoms with E-state index in [0.717, 1.165) is 12.2 Å². The summed E-state index contributed by atoms with van der Waals surface area (Å²) in [6.45, 7) is 1.39. The smallest absolute Gasteiger partial charge is 0.141 e. The second-order valence-corrected chi connectivity index (χ2v) is 4.17. The zero-order valence-electron chi connectivity index (χ0n) is 10.7. The summed E-state index contributed by atoms with van der Waals surface area (Å²) in [4.78, 5) is 6.16. The number of benzene rings is 1. The minimum absolute atomic E-state index is 0.0978. The number of aromatic nitrogens is 1. The van der Waals surface area contributed by atoms with Gasteiger partial charge in [0, 0.05) is 31.0 Å². The van der Waals surface area contributed by atoms with Crippen molar-refractivity contribution >= 4 is 11.5 Å². The van der Waals surface area contributed by atoms with Gasteiger partial charge in [-0.1, -0.05) is 30.3 Å². The summed E-state index contributed by atoms with van der Waals surface area (Å²) in [5, 5.41) is 9.20. The first-order chi connectivity index (χ1) is 9.33. The maximum Gasteiger partial charge on any atom is 0.141 e. The lowest BCUT2D eigenvalue weighted by molar-refractivity contribution is 0.301. The number of nitrogens with zero attached hydrogens (tertiary/aromatic N) is 2. The van der Waals surface area contributed by atoms with Crippen LogP contribution in [-0.4, -0.2) is 23.2 Å². The van der Waals surface area contributed by atoms with Crippen LogP contribution in [-0.2, 0) is 6.54 Å². The Hall–Kier alpha value is -2.11. The number of anilines is 2. The molecule has 0 spiro atoms. The molecule has 0 atom stereocenters. The molecule has 0 unspecified atom stereocenters. The Bertz CT molecular complexity index is 504. The van der Waals surface area contributed by atoms with Gasteiger partial charge in [0.15, 0.2) is 0 Å². The van der Waals surface area contributed by atoms with Crippen molar-refractivity contribution < 1.29 is 5.11 Å². The van der Waals surface area contributed by atoms with Crippen LogP contribution in [0, 0.1) is 0 Å². The Morgan fingerprint density at radius 1 is 1.21 bits per heavy atom. The fourth-order valence-electron chi connectivity index (χ4n) is 1.92. The van der Waals surface area contributed by atoms with Crippen LogP contribution >= 0.6 is 0 Å². The lowest BCUT2D eigenvalue weighted by Crippen LogP contribution is -2.26. The molecule has 0 aliphatic carbocycles. The van der Waals surface area contributed by atoms with Crippen LogP contribution in [0.2, 0.25) is 0 Å². The van der Waals surface area contributed by atoms with Gasteiger partial charge in [0.2, 0.25) is 0 Å². The lowest BCUT2D eigenvalue weighted by Gasteiger charge is -2.24. The first-order valence-electron chi connectivity index (χ1n) is 6.16. The van der Waals surface area contributed by atoms with Gasteiger partial charge in [-0.2, -0.15) is 0 Å². The number of nitrogen functional groups attached to an aromatic ring is 1. The van der Waals surface area contributed by atoms with Crippen LogP contribution < -0.4 is 16.2 Å². The number of nitrogens with two attached hydrogens (primary N) is 1. The minimum Gasteiger partial charge on any atom is -0.395 e.